The first-order chi connectivity index (χ1) is 15.7. The maximum Gasteiger partial charge on any atom is 0.278 e. The second-order valence-corrected chi connectivity index (χ2v) is 10.1. The summed E-state index contributed by atoms with van der Waals surface area (Å²) in [5, 5.41) is 0.184. The predicted octanol–water partition coefficient (Wildman–Crippen LogP) is 2.67. The fourth-order valence-electron chi connectivity index (χ4n) is 3.70. The molecule has 3 aromatic heterocycles. The van der Waals surface area contributed by atoms with Gasteiger partial charge in [-0.25, -0.2) is 13.0 Å². The number of benzene rings is 1. The molecule has 0 fully saturated rings. The molecule has 0 spiro atoms. The lowest BCUT2D eigenvalue weighted by Crippen LogP contribution is -2.42. The highest BCUT2D eigenvalue weighted by atomic mass is 32.2. The summed E-state index contributed by atoms with van der Waals surface area (Å²) in [5.74, 6) is 0.0415. The van der Waals surface area contributed by atoms with E-state index in [0.717, 1.165) is 5.56 Å². The topological polar surface area (TPSA) is 108 Å². The van der Waals surface area contributed by atoms with Crippen LogP contribution in [0.25, 0.3) is 16.7 Å². The number of aryl methyl sites for hydroxylation is 2. The largest absolute Gasteiger partial charge is 0.379 e. The average molecular weight is 468 g/mol. The Labute approximate surface area is 192 Å². The summed E-state index contributed by atoms with van der Waals surface area (Å²) in [6.45, 7) is 6.58. The van der Waals surface area contributed by atoms with Gasteiger partial charge in [0.05, 0.1) is 17.5 Å². The number of nitrogens with two attached hydrogens (primary N) is 1. The molecule has 172 valence electrons. The van der Waals surface area contributed by atoms with Crippen LogP contribution in [0.2, 0.25) is 0 Å². The number of fused-ring (bicyclic) bond motifs is 2. The van der Waals surface area contributed by atoms with Gasteiger partial charge in [0.15, 0.2) is 0 Å². The molecule has 9 heteroatoms. The minimum absolute atomic E-state index is 0.0415. The van der Waals surface area contributed by atoms with Crippen molar-refractivity contribution in [3.8, 4) is 0 Å². The summed E-state index contributed by atoms with van der Waals surface area (Å²) in [5.41, 5.74) is 7.81. The number of rotatable bonds is 7. The summed E-state index contributed by atoms with van der Waals surface area (Å²) in [4.78, 5) is 17.9. The van der Waals surface area contributed by atoms with Gasteiger partial charge in [0, 0.05) is 19.2 Å². The minimum Gasteiger partial charge on any atom is -0.379 e. The molecule has 0 atom stereocenters. The quantitative estimate of drug-likeness (QED) is 0.254. The Balaban J connectivity index is 1.96. The number of ether oxygens (including phenoxy) is 1. The highest BCUT2D eigenvalue weighted by Crippen LogP contribution is 2.26. The summed E-state index contributed by atoms with van der Waals surface area (Å²) in [6.07, 6.45) is 2.26. The molecule has 1 aromatic carbocycles. The van der Waals surface area contributed by atoms with Crippen molar-refractivity contribution >= 4 is 32.3 Å². The van der Waals surface area contributed by atoms with Crippen LogP contribution in [0.1, 0.15) is 25.8 Å². The van der Waals surface area contributed by atoms with Crippen LogP contribution in [0.3, 0.4) is 0 Å². The van der Waals surface area contributed by atoms with Gasteiger partial charge in [-0.3, -0.25) is 9.20 Å². The smallest absolute Gasteiger partial charge is 0.278 e. The molecule has 0 aliphatic carbocycles. The van der Waals surface area contributed by atoms with Gasteiger partial charge in [0.2, 0.25) is 21.3 Å². The molecule has 0 aliphatic heterocycles. The summed E-state index contributed by atoms with van der Waals surface area (Å²) < 4.78 is 35.6. The molecule has 0 bridgehead atoms. The molecular formula is C24H27N4O4S+. The molecule has 3 heterocycles. The van der Waals surface area contributed by atoms with Gasteiger partial charge >= 0.3 is 0 Å². The van der Waals surface area contributed by atoms with Crippen LogP contribution in [-0.4, -0.2) is 30.5 Å². The van der Waals surface area contributed by atoms with E-state index < -0.39 is 9.84 Å². The number of nitrogens with zero attached hydrogens (tertiary/aromatic N) is 3. The Morgan fingerprint density at radius 1 is 1.15 bits per heavy atom. The van der Waals surface area contributed by atoms with Crippen LogP contribution < -0.4 is 15.9 Å². The number of hydrogen-bond acceptors (Lipinski definition) is 6. The zero-order chi connectivity index (χ0) is 23.8. The van der Waals surface area contributed by atoms with Gasteiger partial charge in [-0.15, -0.1) is 0 Å². The molecule has 4 rings (SSSR count). The van der Waals surface area contributed by atoms with E-state index in [1.807, 2.05) is 20.8 Å². The molecule has 8 nitrogen and oxygen atoms in total. The van der Waals surface area contributed by atoms with Gasteiger partial charge in [0.25, 0.3) is 11.2 Å². The van der Waals surface area contributed by atoms with Crippen molar-refractivity contribution in [3.05, 3.63) is 70.6 Å². The van der Waals surface area contributed by atoms with Gasteiger partial charge in [-0.2, -0.15) is 0 Å². The Morgan fingerprint density at radius 3 is 2.58 bits per heavy atom. The van der Waals surface area contributed by atoms with Crippen molar-refractivity contribution in [2.75, 3.05) is 12.3 Å². The maximum absolute atomic E-state index is 13.5. The molecule has 0 radical (unpaired) electrons. The maximum atomic E-state index is 13.5. The van der Waals surface area contributed by atoms with Crippen molar-refractivity contribution < 1.29 is 17.7 Å². The zero-order valence-electron chi connectivity index (χ0n) is 18.9. The lowest BCUT2D eigenvalue weighted by molar-refractivity contribution is -0.661. The summed E-state index contributed by atoms with van der Waals surface area (Å²) in [6, 6.07) is 13.1. The first-order valence-electron chi connectivity index (χ1n) is 10.8. The van der Waals surface area contributed by atoms with Crippen LogP contribution in [0.15, 0.2) is 69.3 Å². The zero-order valence-corrected chi connectivity index (χ0v) is 19.7. The summed E-state index contributed by atoms with van der Waals surface area (Å²) >= 11 is 0. The van der Waals surface area contributed by atoms with Crippen molar-refractivity contribution in [2.45, 2.75) is 49.6 Å². The molecule has 0 unspecified atom stereocenters. The van der Waals surface area contributed by atoms with Gasteiger partial charge in [0.1, 0.15) is 10.3 Å². The monoisotopic (exact) mass is 467 g/mol. The number of hydrogen-bond donors (Lipinski definition) is 1. The van der Waals surface area contributed by atoms with Crippen molar-refractivity contribution in [1.82, 2.24) is 9.38 Å². The Kier molecular flexibility index (Phi) is 6.18. The number of sulfone groups is 1. The average Bonchev–Trinajstić information content (AvgIpc) is 2.78. The number of pyridine rings is 2. The lowest BCUT2D eigenvalue weighted by atomic mass is 10.2. The van der Waals surface area contributed by atoms with Crippen molar-refractivity contribution in [2.24, 2.45) is 0 Å². The van der Waals surface area contributed by atoms with E-state index >= 15 is 0 Å². The van der Waals surface area contributed by atoms with Crippen LogP contribution in [0.5, 0.6) is 0 Å². The van der Waals surface area contributed by atoms with Crippen LogP contribution >= 0.6 is 0 Å². The first-order valence-corrected chi connectivity index (χ1v) is 12.3. The highest BCUT2D eigenvalue weighted by molar-refractivity contribution is 7.91. The van der Waals surface area contributed by atoms with E-state index in [4.69, 9.17) is 10.5 Å². The first kappa shape index (κ1) is 22.9. The molecule has 0 amide bonds. The number of nitrogen functional groups attached to an aromatic ring is 1. The molecule has 4 aromatic rings. The van der Waals surface area contributed by atoms with Crippen molar-refractivity contribution in [1.29, 1.82) is 0 Å². The fraction of sp³-hybridized carbons (Fsp3) is 0.292. The molecule has 0 aliphatic rings. The lowest BCUT2D eigenvalue weighted by Gasteiger charge is -2.13. The molecule has 33 heavy (non-hydrogen) atoms. The van der Waals surface area contributed by atoms with Crippen LogP contribution in [-0.2, 0) is 21.1 Å². The normalized spacial score (nSPS) is 12.1. The third-order valence-electron chi connectivity index (χ3n) is 5.42. The standard InChI is InChI=1S/C24H26N4O4S/c1-16(2)32-14-6-13-28-22(25)20(33(30,31)18-10-8-17(3)9-11-18)15-19-23(28)26-21-7-4-5-12-27(21)24(19)29/h4-5,7-12,15-16,25H,6,13-14H2,1-3H3/p+1. The van der Waals surface area contributed by atoms with E-state index in [0.29, 0.717) is 30.9 Å². The molecule has 0 saturated carbocycles. The molecule has 0 saturated heterocycles. The van der Waals surface area contributed by atoms with E-state index in [2.05, 4.69) is 4.98 Å². The van der Waals surface area contributed by atoms with Gasteiger partial charge in [-0.1, -0.05) is 28.7 Å². The highest BCUT2D eigenvalue weighted by Gasteiger charge is 2.29. The number of aromatic nitrogens is 3. The van der Waals surface area contributed by atoms with Gasteiger partial charge < -0.3 is 10.5 Å². The Hall–Kier alpha value is -3.30. The third-order valence-corrected chi connectivity index (χ3v) is 7.22. The van der Waals surface area contributed by atoms with E-state index in [1.54, 1.807) is 53.2 Å². The van der Waals surface area contributed by atoms with Crippen LogP contribution in [0, 0.1) is 6.92 Å². The summed E-state index contributed by atoms with van der Waals surface area (Å²) in [7, 11) is -3.97. The second kappa shape index (κ2) is 8.92. The number of anilines is 1. The van der Waals surface area contributed by atoms with E-state index in [9.17, 15) is 13.2 Å². The van der Waals surface area contributed by atoms with E-state index in [-0.39, 0.29) is 32.7 Å². The molecule has 2 N–H and O–H groups in total. The van der Waals surface area contributed by atoms with Crippen LogP contribution in [0.4, 0.5) is 5.82 Å². The van der Waals surface area contributed by atoms with E-state index in [1.165, 1.54) is 10.5 Å². The molecular weight excluding hydrogens is 440 g/mol. The Morgan fingerprint density at radius 2 is 1.88 bits per heavy atom. The second-order valence-electron chi connectivity index (χ2n) is 8.22. The SMILES string of the molecule is Cc1ccc(S(=O)(=O)c2cc3c(=O)n4ccccc4nc3[n+](CCCOC(C)C)c2N)cc1. The third kappa shape index (κ3) is 4.34. The fourth-order valence-corrected chi connectivity index (χ4v) is 5.11. The van der Waals surface area contributed by atoms with Crippen molar-refractivity contribution in [3.63, 3.8) is 0 Å². The minimum atomic E-state index is -3.97. The van der Waals surface area contributed by atoms with Gasteiger partial charge in [-0.05, 0) is 51.1 Å². The Bertz CT molecular complexity index is 1490. The predicted molar refractivity (Wildman–Crippen MR) is 126 cm³/mol.